The van der Waals surface area contributed by atoms with E-state index in [9.17, 15) is 9.50 Å². The third kappa shape index (κ3) is 4.44. The number of hydrogen-bond donors (Lipinski definition) is 1. The van der Waals surface area contributed by atoms with Gasteiger partial charge in [0.05, 0.1) is 5.02 Å². The van der Waals surface area contributed by atoms with Crippen molar-refractivity contribution in [3.63, 3.8) is 0 Å². The Morgan fingerprint density at radius 2 is 1.83 bits per heavy atom. The van der Waals surface area contributed by atoms with Crippen molar-refractivity contribution >= 4 is 11.6 Å². The minimum absolute atomic E-state index is 0.185. The third-order valence-electron chi connectivity index (χ3n) is 5.22. The van der Waals surface area contributed by atoms with E-state index >= 15 is 0 Å². The lowest BCUT2D eigenvalue weighted by atomic mass is 9.95. The van der Waals surface area contributed by atoms with Gasteiger partial charge in [0, 0.05) is 32.8 Å². The predicted molar refractivity (Wildman–Crippen MR) is 91.0 cm³/mol. The first-order chi connectivity index (χ1) is 11.2. The van der Waals surface area contributed by atoms with E-state index in [4.69, 9.17) is 11.6 Å². The van der Waals surface area contributed by atoms with Crippen molar-refractivity contribution in [1.82, 2.24) is 9.80 Å². The van der Waals surface area contributed by atoms with E-state index in [1.165, 1.54) is 38.4 Å². The zero-order valence-electron chi connectivity index (χ0n) is 13.6. The van der Waals surface area contributed by atoms with E-state index in [1.807, 2.05) is 0 Å². The monoisotopic (exact) mass is 340 g/mol. The molecule has 2 aliphatic heterocycles. The van der Waals surface area contributed by atoms with E-state index < -0.39 is 0 Å². The lowest BCUT2D eigenvalue weighted by Gasteiger charge is -2.30. The zero-order valence-corrected chi connectivity index (χ0v) is 14.3. The van der Waals surface area contributed by atoms with Crippen LogP contribution in [0.5, 0.6) is 0 Å². The first-order valence-corrected chi connectivity index (χ1v) is 9.03. The van der Waals surface area contributed by atoms with E-state index in [1.54, 1.807) is 12.1 Å². The van der Waals surface area contributed by atoms with Crippen LogP contribution in [0.4, 0.5) is 4.39 Å². The molecule has 0 aliphatic carbocycles. The molecule has 0 spiro atoms. The number of rotatable bonds is 5. The molecule has 2 aliphatic rings. The van der Waals surface area contributed by atoms with Crippen LogP contribution in [0.1, 0.15) is 24.8 Å². The molecule has 5 heteroatoms. The summed E-state index contributed by atoms with van der Waals surface area (Å²) >= 11 is 5.87. The number of likely N-dealkylation sites (tertiary alicyclic amines) is 2. The van der Waals surface area contributed by atoms with Gasteiger partial charge in [0.1, 0.15) is 5.82 Å². The summed E-state index contributed by atoms with van der Waals surface area (Å²) in [5, 5.41) is 9.90. The zero-order chi connectivity index (χ0) is 16.2. The maximum atomic E-state index is 13.3. The highest BCUT2D eigenvalue weighted by molar-refractivity contribution is 6.30. The molecule has 0 unspecified atom stereocenters. The standard InChI is InChI=1S/C18H26ClFN2O/c19-17-8-14(4-5-18(17)20)9-22-11-15(16(12-22)13-23)10-21-6-2-1-3-7-21/h4-5,8,15-16,23H,1-3,6-7,9-13H2/t15-,16-/m1/s1. The summed E-state index contributed by atoms with van der Waals surface area (Å²) in [5.41, 5.74) is 1.03. The van der Waals surface area contributed by atoms with Crippen LogP contribution >= 0.6 is 11.6 Å². The van der Waals surface area contributed by atoms with E-state index in [-0.39, 0.29) is 17.4 Å². The minimum atomic E-state index is -0.368. The normalized spacial score (nSPS) is 26.7. The fraction of sp³-hybridized carbons (Fsp3) is 0.667. The fourth-order valence-electron chi connectivity index (χ4n) is 3.95. The first-order valence-electron chi connectivity index (χ1n) is 8.65. The lowest BCUT2D eigenvalue weighted by molar-refractivity contribution is 0.149. The van der Waals surface area contributed by atoms with Gasteiger partial charge in [-0.15, -0.1) is 0 Å². The Bertz CT molecular complexity index is 522. The summed E-state index contributed by atoms with van der Waals surface area (Å²) < 4.78 is 13.3. The molecule has 23 heavy (non-hydrogen) atoms. The first kappa shape index (κ1) is 17.2. The van der Waals surface area contributed by atoms with Crippen molar-refractivity contribution in [3.8, 4) is 0 Å². The van der Waals surface area contributed by atoms with Crippen LogP contribution < -0.4 is 0 Å². The Kier molecular flexibility index (Phi) is 5.91. The summed E-state index contributed by atoms with van der Waals surface area (Å²) in [6, 6.07) is 4.94. The second-order valence-corrected chi connectivity index (χ2v) is 7.41. The van der Waals surface area contributed by atoms with Crippen molar-refractivity contribution in [2.75, 3.05) is 39.3 Å². The molecule has 0 radical (unpaired) electrons. The summed E-state index contributed by atoms with van der Waals surface area (Å²) in [7, 11) is 0. The lowest BCUT2D eigenvalue weighted by Crippen LogP contribution is -2.37. The molecule has 2 fully saturated rings. The van der Waals surface area contributed by atoms with Crippen molar-refractivity contribution in [2.45, 2.75) is 25.8 Å². The van der Waals surface area contributed by atoms with Crippen molar-refractivity contribution in [1.29, 1.82) is 0 Å². The molecule has 2 heterocycles. The topological polar surface area (TPSA) is 26.7 Å². The average Bonchev–Trinajstić information content (AvgIpc) is 2.93. The number of nitrogens with zero attached hydrogens (tertiary/aromatic N) is 2. The van der Waals surface area contributed by atoms with Gasteiger partial charge in [-0.05, 0) is 55.5 Å². The van der Waals surface area contributed by atoms with E-state index in [0.717, 1.165) is 31.7 Å². The SMILES string of the molecule is OC[C@H]1CN(Cc2ccc(F)c(Cl)c2)C[C@H]1CN1CCCCC1. The smallest absolute Gasteiger partial charge is 0.141 e. The minimum Gasteiger partial charge on any atom is -0.396 e. The van der Waals surface area contributed by atoms with Gasteiger partial charge < -0.3 is 10.0 Å². The second-order valence-electron chi connectivity index (χ2n) is 7.01. The largest absolute Gasteiger partial charge is 0.396 e. The van der Waals surface area contributed by atoms with Gasteiger partial charge in [-0.1, -0.05) is 24.1 Å². The summed E-state index contributed by atoms with van der Waals surface area (Å²) in [6.07, 6.45) is 3.95. The summed E-state index contributed by atoms with van der Waals surface area (Å²) in [5.74, 6) is 0.495. The molecule has 1 aromatic rings. The van der Waals surface area contributed by atoms with Gasteiger partial charge in [0.25, 0.3) is 0 Å². The van der Waals surface area contributed by atoms with Crippen LogP contribution in [0.15, 0.2) is 18.2 Å². The quantitative estimate of drug-likeness (QED) is 0.892. The van der Waals surface area contributed by atoms with Crippen LogP contribution in [0.3, 0.4) is 0 Å². The maximum Gasteiger partial charge on any atom is 0.141 e. The molecule has 128 valence electrons. The van der Waals surface area contributed by atoms with Gasteiger partial charge in [-0.3, -0.25) is 4.90 Å². The van der Waals surface area contributed by atoms with Gasteiger partial charge in [-0.25, -0.2) is 4.39 Å². The number of hydrogen-bond acceptors (Lipinski definition) is 3. The molecular weight excluding hydrogens is 315 g/mol. The summed E-state index contributed by atoms with van der Waals surface area (Å²) in [4.78, 5) is 4.91. The Morgan fingerprint density at radius 3 is 2.52 bits per heavy atom. The molecular formula is C18H26ClFN2O. The van der Waals surface area contributed by atoms with Crippen LogP contribution in [-0.4, -0.2) is 54.2 Å². The molecule has 0 amide bonds. The van der Waals surface area contributed by atoms with Gasteiger partial charge in [0.2, 0.25) is 0 Å². The highest BCUT2D eigenvalue weighted by atomic mass is 35.5. The van der Waals surface area contributed by atoms with Crippen molar-refractivity contribution < 1.29 is 9.50 Å². The van der Waals surface area contributed by atoms with Crippen LogP contribution in [0, 0.1) is 17.7 Å². The molecule has 1 N–H and O–H groups in total. The highest BCUT2D eigenvalue weighted by Crippen LogP contribution is 2.27. The predicted octanol–water partition coefficient (Wildman–Crippen LogP) is 3.01. The van der Waals surface area contributed by atoms with Gasteiger partial charge in [0.15, 0.2) is 0 Å². The van der Waals surface area contributed by atoms with Crippen LogP contribution in [0.25, 0.3) is 0 Å². The number of piperidine rings is 1. The molecule has 3 nitrogen and oxygen atoms in total. The molecule has 0 saturated carbocycles. The van der Waals surface area contributed by atoms with Gasteiger partial charge in [-0.2, -0.15) is 0 Å². The van der Waals surface area contributed by atoms with Crippen molar-refractivity contribution in [3.05, 3.63) is 34.6 Å². The summed E-state index contributed by atoms with van der Waals surface area (Å²) in [6.45, 7) is 6.41. The Hall–Kier alpha value is -0.680. The number of benzene rings is 1. The highest BCUT2D eigenvalue weighted by Gasteiger charge is 2.33. The number of halogens is 2. The van der Waals surface area contributed by atoms with E-state index in [2.05, 4.69) is 9.80 Å². The fourth-order valence-corrected chi connectivity index (χ4v) is 4.15. The third-order valence-corrected chi connectivity index (χ3v) is 5.51. The van der Waals surface area contributed by atoms with Gasteiger partial charge >= 0.3 is 0 Å². The Morgan fingerprint density at radius 1 is 1.09 bits per heavy atom. The van der Waals surface area contributed by atoms with Crippen molar-refractivity contribution in [2.24, 2.45) is 11.8 Å². The molecule has 1 aromatic carbocycles. The number of aliphatic hydroxyl groups excluding tert-OH is 1. The van der Waals surface area contributed by atoms with E-state index in [0.29, 0.717) is 11.8 Å². The molecule has 2 saturated heterocycles. The molecule has 0 aromatic heterocycles. The Labute approximate surface area is 143 Å². The average molecular weight is 341 g/mol. The van der Waals surface area contributed by atoms with Crippen LogP contribution in [0.2, 0.25) is 5.02 Å². The maximum absolute atomic E-state index is 13.3. The van der Waals surface area contributed by atoms with Crippen LogP contribution in [-0.2, 0) is 6.54 Å². The molecule has 0 bridgehead atoms. The molecule has 2 atom stereocenters. The Balaban J connectivity index is 1.58. The second kappa shape index (κ2) is 7.93. The number of aliphatic hydroxyl groups is 1. The molecule has 3 rings (SSSR count).